The molecular weight excluding hydrogens is 380 g/mol. The first-order valence-electron chi connectivity index (χ1n) is 8.50. The van der Waals surface area contributed by atoms with Crippen LogP contribution in [0.2, 0.25) is 0 Å². The number of hydrogen-bond acceptors (Lipinski definition) is 5. The number of benzene rings is 2. The normalized spacial score (nSPS) is 10.8. The second-order valence-electron chi connectivity index (χ2n) is 6.12. The maximum Gasteiger partial charge on any atom is 0.245 e. The van der Waals surface area contributed by atoms with Crippen molar-refractivity contribution in [1.82, 2.24) is 0 Å². The number of hydrogen-bond donors (Lipinski definition) is 1. The van der Waals surface area contributed by atoms with Crippen molar-refractivity contribution >= 4 is 27.3 Å². The molecule has 0 saturated carbocycles. The summed E-state index contributed by atoms with van der Waals surface area (Å²) in [5, 5.41) is 2.69. The van der Waals surface area contributed by atoms with Gasteiger partial charge in [0.2, 0.25) is 15.9 Å². The molecule has 0 bridgehead atoms. The van der Waals surface area contributed by atoms with Crippen LogP contribution in [0.25, 0.3) is 0 Å². The lowest BCUT2D eigenvalue weighted by Crippen LogP contribution is -2.37. The molecule has 2 aromatic carbocycles. The molecule has 0 aliphatic rings. The highest BCUT2D eigenvalue weighted by Crippen LogP contribution is 2.31. The van der Waals surface area contributed by atoms with Gasteiger partial charge in [-0.15, -0.1) is 0 Å². The van der Waals surface area contributed by atoms with Crippen LogP contribution in [0, 0.1) is 6.92 Å². The minimum absolute atomic E-state index is 0.309. The number of methoxy groups -OCH3 is 1. The molecule has 0 aromatic heterocycles. The van der Waals surface area contributed by atoms with Crippen molar-refractivity contribution in [3.8, 4) is 11.5 Å². The van der Waals surface area contributed by atoms with Crippen molar-refractivity contribution in [1.29, 1.82) is 0 Å². The van der Waals surface area contributed by atoms with Crippen LogP contribution in [0.1, 0.15) is 5.56 Å². The van der Waals surface area contributed by atoms with E-state index in [2.05, 4.69) is 11.9 Å². The summed E-state index contributed by atoms with van der Waals surface area (Å²) in [6, 6.07) is 12.0. The van der Waals surface area contributed by atoms with E-state index in [4.69, 9.17) is 9.47 Å². The molecule has 2 aromatic rings. The molecule has 0 unspecified atom stereocenters. The molecule has 0 spiro atoms. The van der Waals surface area contributed by atoms with Crippen LogP contribution in [-0.2, 0) is 14.8 Å². The third-order valence-corrected chi connectivity index (χ3v) is 4.90. The zero-order chi connectivity index (χ0) is 20.7. The van der Waals surface area contributed by atoms with Gasteiger partial charge in [0.1, 0.15) is 24.7 Å². The van der Waals surface area contributed by atoms with Crippen molar-refractivity contribution in [2.45, 2.75) is 6.92 Å². The maximum absolute atomic E-state index is 12.5. The highest BCUT2D eigenvalue weighted by Gasteiger charge is 2.24. The van der Waals surface area contributed by atoms with Gasteiger partial charge in [-0.25, -0.2) is 8.42 Å². The van der Waals surface area contributed by atoms with Crippen LogP contribution in [0.15, 0.2) is 55.1 Å². The number of nitrogens with zero attached hydrogens (tertiary/aromatic N) is 1. The van der Waals surface area contributed by atoms with Gasteiger partial charge in [-0.05, 0) is 36.8 Å². The number of anilines is 2. The van der Waals surface area contributed by atoms with E-state index in [1.54, 1.807) is 48.5 Å². The molecular formula is C20H24N2O5S. The summed E-state index contributed by atoms with van der Waals surface area (Å²) in [7, 11) is -2.27. The predicted octanol–water partition coefficient (Wildman–Crippen LogP) is 2.97. The summed E-state index contributed by atoms with van der Waals surface area (Å²) in [5.41, 5.74) is 1.65. The smallest absolute Gasteiger partial charge is 0.245 e. The zero-order valence-corrected chi connectivity index (χ0v) is 17.0. The first-order valence-corrected chi connectivity index (χ1v) is 10.4. The Balaban J connectivity index is 2.23. The van der Waals surface area contributed by atoms with Crippen LogP contribution < -0.4 is 19.1 Å². The summed E-state index contributed by atoms with van der Waals surface area (Å²) in [4.78, 5) is 12.5. The quantitative estimate of drug-likeness (QED) is 0.650. The molecule has 2 rings (SSSR count). The largest absolute Gasteiger partial charge is 0.495 e. The number of sulfonamides is 1. The summed E-state index contributed by atoms with van der Waals surface area (Å²) in [6.07, 6.45) is 2.66. The van der Waals surface area contributed by atoms with E-state index < -0.39 is 22.5 Å². The Morgan fingerprint density at radius 3 is 2.64 bits per heavy atom. The lowest BCUT2D eigenvalue weighted by atomic mass is 10.2. The fraction of sp³-hybridized carbons (Fsp3) is 0.250. The average molecular weight is 404 g/mol. The monoisotopic (exact) mass is 404 g/mol. The van der Waals surface area contributed by atoms with E-state index in [1.165, 1.54) is 7.11 Å². The van der Waals surface area contributed by atoms with E-state index in [0.717, 1.165) is 16.1 Å². The highest BCUT2D eigenvalue weighted by atomic mass is 32.2. The molecule has 0 aliphatic heterocycles. The fourth-order valence-corrected chi connectivity index (χ4v) is 3.38. The number of carbonyl (C=O) groups excluding carboxylic acids is 1. The van der Waals surface area contributed by atoms with Crippen molar-refractivity contribution in [2.75, 3.05) is 36.1 Å². The minimum Gasteiger partial charge on any atom is -0.495 e. The Morgan fingerprint density at radius 2 is 2.00 bits per heavy atom. The van der Waals surface area contributed by atoms with Crippen LogP contribution >= 0.6 is 0 Å². The molecule has 150 valence electrons. The van der Waals surface area contributed by atoms with Gasteiger partial charge in [0.25, 0.3) is 0 Å². The number of carbonyl (C=O) groups is 1. The van der Waals surface area contributed by atoms with Gasteiger partial charge >= 0.3 is 0 Å². The SMILES string of the molecule is C=CCOc1cccc(NC(=O)CN(c2cc(C)ccc2OC)S(C)(=O)=O)c1. The van der Waals surface area contributed by atoms with E-state index in [9.17, 15) is 13.2 Å². The molecule has 8 heteroatoms. The molecule has 0 radical (unpaired) electrons. The zero-order valence-electron chi connectivity index (χ0n) is 16.1. The van der Waals surface area contributed by atoms with E-state index in [1.807, 2.05) is 6.92 Å². The van der Waals surface area contributed by atoms with E-state index >= 15 is 0 Å². The third kappa shape index (κ3) is 5.75. The molecule has 7 nitrogen and oxygen atoms in total. The summed E-state index contributed by atoms with van der Waals surface area (Å²) in [6.45, 7) is 5.36. The predicted molar refractivity (Wildman–Crippen MR) is 111 cm³/mol. The second-order valence-corrected chi connectivity index (χ2v) is 8.03. The Hall–Kier alpha value is -3.00. The van der Waals surface area contributed by atoms with Gasteiger partial charge in [-0.3, -0.25) is 9.10 Å². The number of aryl methyl sites for hydroxylation is 1. The molecule has 28 heavy (non-hydrogen) atoms. The number of nitrogens with one attached hydrogen (secondary N) is 1. The fourth-order valence-electron chi connectivity index (χ4n) is 2.53. The van der Waals surface area contributed by atoms with E-state index in [0.29, 0.717) is 29.5 Å². The lowest BCUT2D eigenvalue weighted by molar-refractivity contribution is -0.114. The first kappa shape index (κ1) is 21.3. The van der Waals surface area contributed by atoms with Gasteiger partial charge in [-0.2, -0.15) is 0 Å². The average Bonchev–Trinajstić information content (AvgIpc) is 2.64. The number of rotatable bonds is 9. The van der Waals surface area contributed by atoms with Gasteiger partial charge in [0, 0.05) is 11.8 Å². The van der Waals surface area contributed by atoms with Gasteiger partial charge in [-0.1, -0.05) is 24.8 Å². The van der Waals surface area contributed by atoms with Crippen molar-refractivity contribution in [2.24, 2.45) is 0 Å². The molecule has 0 aliphatic carbocycles. The number of ether oxygens (including phenoxy) is 2. The molecule has 0 atom stereocenters. The summed E-state index contributed by atoms with van der Waals surface area (Å²) in [5.74, 6) is 0.441. The minimum atomic E-state index is -3.72. The Kier molecular flexibility index (Phi) is 7.06. The summed E-state index contributed by atoms with van der Waals surface area (Å²) < 4.78 is 36.4. The van der Waals surface area contributed by atoms with Crippen molar-refractivity contribution < 1.29 is 22.7 Å². The first-order chi connectivity index (χ1) is 13.2. The molecule has 0 fully saturated rings. The third-order valence-electron chi connectivity index (χ3n) is 3.78. The van der Waals surface area contributed by atoms with Crippen LogP contribution in [0.3, 0.4) is 0 Å². The van der Waals surface area contributed by atoms with Gasteiger partial charge in [0.05, 0.1) is 19.1 Å². The molecule has 0 heterocycles. The molecule has 1 N–H and O–H groups in total. The van der Waals surface area contributed by atoms with Crippen LogP contribution in [0.4, 0.5) is 11.4 Å². The molecule has 0 saturated heterocycles. The topological polar surface area (TPSA) is 84.9 Å². The highest BCUT2D eigenvalue weighted by molar-refractivity contribution is 7.92. The van der Waals surface area contributed by atoms with Crippen LogP contribution in [-0.4, -0.2) is 40.8 Å². The Morgan fingerprint density at radius 1 is 1.25 bits per heavy atom. The van der Waals surface area contributed by atoms with Crippen LogP contribution in [0.5, 0.6) is 11.5 Å². The standard InChI is InChI=1S/C20H24N2O5S/c1-5-11-27-17-8-6-7-16(13-17)21-20(23)14-22(28(4,24)25)18-12-15(2)9-10-19(18)26-3/h5-10,12-13H,1,11,14H2,2-4H3,(H,21,23). The van der Waals surface area contributed by atoms with Crippen molar-refractivity contribution in [3.05, 3.63) is 60.7 Å². The van der Waals surface area contributed by atoms with Gasteiger partial charge in [0.15, 0.2) is 0 Å². The summed E-state index contributed by atoms with van der Waals surface area (Å²) >= 11 is 0. The Bertz CT molecular complexity index is 957. The van der Waals surface area contributed by atoms with E-state index in [-0.39, 0.29) is 0 Å². The maximum atomic E-state index is 12.5. The van der Waals surface area contributed by atoms with Crippen molar-refractivity contribution in [3.63, 3.8) is 0 Å². The molecule has 1 amide bonds. The lowest BCUT2D eigenvalue weighted by Gasteiger charge is -2.24. The Labute approximate surface area is 165 Å². The number of amides is 1. The second kappa shape index (κ2) is 9.27. The van der Waals surface area contributed by atoms with Gasteiger partial charge < -0.3 is 14.8 Å².